The minimum atomic E-state index is -0.548. The standard InChI is InChI=1S/C18H15N3O/c22-21-18(15-7-5-10-19-13-15)17-9-2-1-6-14(17)12-16-8-3-4-11-20-16/h1-11,13,18H,12H2. The first-order valence-electron chi connectivity index (χ1n) is 7.08. The van der Waals surface area contributed by atoms with Gasteiger partial charge in [-0.3, -0.25) is 9.97 Å². The van der Waals surface area contributed by atoms with E-state index in [2.05, 4.69) is 15.1 Å². The summed E-state index contributed by atoms with van der Waals surface area (Å²) >= 11 is 0. The molecule has 0 amide bonds. The maximum Gasteiger partial charge on any atom is 0.144 e. The maximum atomic E-state index is 11.4. The molecule has 0 aliphatic heterocycles. The predicted octanol–water partition coefficient (Wildman–Crippen LogP) is 3.92. The Morgan fingerprint density at radius 1 is 0.955 bits per heavy atom. The molecule has 0 bridgehead atoms. The molecular formula is C18H15N3O. The van der Waals surface area contributed by atoms with Gasteiger partial charge in [-0.15, -0.1) is 4.91 Å². The van der Waals surface area contributed by atoms with Crippen molar-refractivity contribution in [3.05, 3.63) is 100 Å². The van der Waals surface area contributed by atoms with Crippen molar-refractivity contribution < 1.29 is 0 Å². The van der Waals surface area contributed by atoms with Crippen LogP contribution in [0, 0.1) is 4.91 Å². The highest BCUT2D eigenvalue weighted by Crippen LogP contribution is 2.29. The summed E-state index contributed by atoms with van der Waals surface area (Å²) in [6.45, 7) is 0. The zero-order chi connectivity index (χ0) is 15.2. The monoisotopic (exact) mass is 289 g/mol. The van der Waals surface area contributed by atoms with E-state index in [1.807, 2.05) is 54.6 Å². The van der Waals surface area contributed by atoms with Gasteiger partial charge in [0, 0.05) is 36.3 Å². The fourth-order valence-corrected chi connectivity index (χ4v) is 2.49. The Kier molecular flexibility index (Phi) is 4.30. The van der Waals surface area contributed by atoms with Crippen molar-refractivity contribution in [3.8, 4) is 0 Å². The second-order valence-corrected chi connectivity index (χ2v) is 4.99. The van der Waals surface area contributed by atoms with Crippen LogP contribution in [-0.2, 0) is 6.42 Å². The van der Waals surface area contributed by atoms with Crippen LogP contribution < -0.4 is 0 Å². The number of benzene rings is 1. The maximum absolute atomic E-state index is 11.4. The van der Waals surface area contributed by atoms with Gasteiger partial charge in [0.15, 0.2) is 0 Å². The average Bonchev–Trinajstić information content (AvgIpc) is 2.59. The molecule has 0 aliphatic carbocycles. The van der Waals surface area contributed by atoms with Crippen LogP contribution in [0.2, 0.25) is 0 Å². The second kappa shape index (κ2) is 6.72. The van der Waals surface area contributed by atoms with E-state index in [4.69, 9.17) is 0 Å². The van der Waals surface area contributed by atoms with Crippen LogP contribution in [0.15, 0.2) is 78.4 Å². The Morgan fingerprint density at radius 3 is 2.55 bits per heavy atom. The number of pyridine rings is 2. The lowest BCUT2D eigenvalue weighted by Gasteiger charge is -2.14. The summed E-state index contributed by atoms with van der Waals surface area (Å²) in [4.78, 5) is 19.9. The Morgan fingerprint density at radius 2 is 1.82 bits per heavy atom. The zero-order valence-electron chi connectivity index (χ0n) is 12.0. The van der Waals surface area contributed by atoms with Crippen LogP contribution in [0.3, 0.4) is 0 Å². The van der Waals surface area contributed by atoms with Gasteiger partial charge >= 0.3 is 0 Å². The fraction of sp³-hybridized carbons (Fsp3) is 0.111. The normalized spacial score (nSPS) is 11.8. The smallest absolute Gasteiger partial charge is 0.144 e. The molecule has 22 heavy (non-hydrogen) atoms. The second-order valence-electron chi connectivity index (χ2n) is 4.99. The third-order valence-corrected chi connectivity index (χ3v) is 3.55. The van der Waals surface area contributed by atoms with Gasteiger partial charge in [-0.2, -0.15) is 0 Å². The molecular weight excluding hydrogens is 274 g/mol. The van der Waals surface area contributed by atoms with Crippen molar-refractivity contribution in [1.82, 2.24) is 9.97 Å². The number of rotatable bonds is 5. The van der Waals surface area contributed by atoms with Crippen LogP contribution in [0.25, 0.3) is 0 Å². The van der Waals surface area contributed by atoms with Gasteiger partial charge in [-0.25, -0.2) is 0 Å². The number of nitroso groups, excluding NO2 is 1. The Balaban J connectivity index is 1.98. The van der Waals surface area contributed by atoms with Crippen LogP contribution >= 0.6 is 0 Å². The molecule has 0 radical (unpaired) electrons. The van der Waals surface area contributed by atoms with E-state index in [1.54, 1.807) is 18.6 Å². The molecule has 0 saturated heterocycles. The van der Waals surface area contributed by atoms with Gasteiger partial charge in [0.2, 0.25) is 0 Å². The molecule has 1 aromatic carbocycles. The average molecular weight is 289 g/mol. The molecule has 4 nitrogen and oxygen atoms in total. The van der Waals surface area contributed by atoms with Gasteiger partial charge in [0.25, 0.3) is 0 Å². The first kappa shape index (κ1) is 14.1. The van der Waals surface area contributed by atoms with Crippen LogP contribution in [0.4, 0.5) is 0 Å². The molecule has 2 heterocycles. The number of hydrogen-bond donors (Lipinski definition) is 0. The van der Waals surface area contributed by atoms with E-state index in [-0.39, 0.29) is 0 Å². The van der Waals surface area contributed by atoms with E-state index in [0.29, 0.717) is 6.42 Å². The van der Waals surface area contributed by atoms with E-state index in [9.17, 15) is 4.91 Å². The highest BCUT2D eigenvalue weighted by Gasteiger charge is 2.18. The molecule has 0 spiro atoms. The predicted molar refractivity (Wildman–Crippen MR) is 85.4 cm³/mol. The van der Waals surface area contributed by atoms with E-state index >= 15 is 0 Å². The molecule has 2 aromatic heterocycles. The quantitative estimate of drug-likeness (QED) is 0.669. The largest absolute Gasteiger partial charge is 0.264 e. The molecule has 0 aliphatic rings. The summed E-state index contributed by atoms with van der Waals surface area (Å²) in [6.07, 6.45) is 5.81. The summed E-state index contributed by atoms with van der Waals surface area (Å²) in [5.41, 5.74) is 3.71. The Labute approximate surface area is 128 Å². The summed E-state index contributed by atoms with van der Waals surface area (Å²) in [6, 6.07) is 16.8. The Hall–Kier alpha value is -2.88. The van der Waals surface area contributed by atoms with E-state index in [0.717, 1.165) is 22.4 Å². The highest BCUT2D eigenvalue weighted by molar-refractivity contribution is 5.38. The minimum Gasteiger partial charge on any atom is -0.264 e. The summed E-state index contributed by atoms with van der Waals surface area (Å²) in [5, 5.41) is 3.32. The van der Waals surface area contributed by atoms with Crippen LogP contribution in [0.5, 0.6) is 0 Å². The van der Waals surface area contributed by atoms with Crippen molar-refractivity contribution in [2.45, 2.75) is 12.5 Å². The summed E-state index contributed by atoms with van der Waals surface area (Å²) in [5.74, 6) is 0. The molecule has 0 saturated carbocycles. The Bertz CT molecular complexity index is 745. The van der Waals surface area contributed by atoms with E-state index < -0.39 is 6.04 Å². The van der Waals surface area contributed by atoms with Gasteiger partial charge in [-0.05, 0) is 29.3 Å². The fourth-order valence-electron chi connectivity index (χ4n) is 2.49. The van der Waals surface area contributed by atoms with Gasteiger partial charge in [0.05, 0.1) is 0 Å². The van der Waals surface area contributed by atoms with Gasteiger partial charge < -0.3 is 0 Å². The molecule has 4 heteroatoms. The highest BCUT2D eigenvalue weighted by atomic mass is 16.3. The summed E-state index contributed by atoms with van der Waals surface area (Å²) in [7, 11) is 0. The lowest BCUT2D eigenvalue weighted by molar-refractivity contribution is 0.837. The summed E-state index contributed by atoms with van der Waals surface area (Å²) < 4.78 is 0. The molecule has 1 atom stereocenters. The first-order valence-corrected chi connectivity index (χ1v) is 7.08. The van der Waals surface area contributed by atoms with Crippen molar-refractivity contribution in [1.29, 1.82) is 0 Å². The molecule has 3 aromatic rings. The SMILES string of the molecule is O=NC(c1cccnc1)c1ccccc1Cc1ccccn1. The van der Waals surface area contributed by atoms with Crippen molar-refractivity contribution in [2.75, 3.05) is 0 Å². The first-order chi connectivity index (χ1) is 10.9. The third kappa shape index (κ3) is 3.06. The van der Waals surface area contributed by atoms with Gasteiger partial charge in [-0.1, -0.05) is 41.6 Å². The topological polar surface area (TPSA) is 55.2 Å². The lowest BCUT2D eigenvalue weighted by atomic mass is 9.93. The van der Waals surface area contributed by atoms with Crippen molar-refractivity contribution >= 4 is 0 Å². The van der Waals surface area contributed by atoms with Crippen molar-refractivity contribution in [2.24, 2.45) is 5.18 Å². The lowest BCUT2D eigenvalue weighted by Crippen LogP contribution is -2.03. The molecule has 108 valence electrons. The van der Waals surface area contributed by atoms with Crippen LogP contribution in [-0.4, -0.2) is 9.97 Å². The molecule has 1 unspecified atom stereocenters. The zero-order valence-corrected chi connectivity index (χ0v) is 12.0. The third-order valence-electron chi connectivity index (χ3n) is 3.55. The molecule has 3 rings (SSSR count). The number of aromatic nitrogens is 2. The molecule has 0 N–H and O–H groups in total. The number of hydrogen-bond acceptors (Lipinski definition) is 4. The van der Waals surface area contributed by atoms with Gasteiger partial charge in [0.1, 0.15) is 6.04 Å². The van der Waals surface area contributed by atoms with E-state index in [1.165, 1.54) is 0 Å². The number of nitrogens with zero attached hydrogens (tertiary/aromatic N) is 3. The van der Waals surface area contributed by atoms with Crippen LogP contribution in [0.1, 0.15) is 28.4 Å². The molecule has 0 fully saturated rings. The minimum absolute atomic E-state index is 0.548. The van der Waals surface area contributed by atoms with Crippen molar-refractivity contribution in [3.63, 3.8) is 0 Å².